The summed E-state index contributed by atoms with van der Waals surface area (Å²) in [5.41, 5.74) is 1.09. The minimum absolute atomic E-state index is 0.00481. The first kappa shape index (κ1) is 47.3. The lowest BCUT2D eigenvalue weighted by Gasteiger charge is -2.19. The fraction of sp³-hybridized carbons (Fsp3) is 0.526. The maximum absolute atomic E-state index is 13.1. The lowest BCUT2D eigenvalue weighted by atomic mass is 10.1. The minimum atomic E-state index is -0.920. The molecule has 21 nitrogen and oxygen atoms in total. The highest BCUT2D eigenvalue weighted by atomic mass is 16.7. The molecule has 3 rings (SSSR count). The molecule has 0 spiro atoms. The first-order chi connectivity index (χ1) is 28.4. The largest absolute Gasteiger partial charge is 0.382 e. The summed E-state index contributed by atoms with van der Waals surface area (Å²) in [5.74, 6) is -5.14. The van der Waals surface area contributed by atoms with Crippen LogP contribution in [0.15, 0.2) is 36.4 Å². The molecule has 1 aromatic carbocycles. The molecule has 0 saturated carbocycles. The Balaban J connectivity index is 1.33. The van der Waals surface area contributed by atoms with Gasteiger partial charge in [-0.05, 0) is 49.8 Å². The van der Waals surface area contributed by atoms with Gasteiger partial charge in [-0.25, -0.2) is 4.79 Å². The number of carbonyl (C=O) groups is 10. The maximum Gasteiger partial charge on any atom is 0.358 e. The van der Waals surface area contributed by atoms with Crippen LogP contribution in [-0.4, -0.2) is 135 Å². The van der Waals surface area contributed by atoms with Crippen LogP contribution < -0.4 is 26.6 Å². The smallest absolute Gasteiger partial charge is 0.358 e. The molecule has 9 amide bonds. The molecule has 21 heteroatoms. The second-order valence-corrected chi connectivity index (χ2v) is 13.2. The number of benzene rings is 1. The second-order valence-electron chi connectivity index (χ2n) is 13.2. The van der Waals surface area contributed by atoms with Crippen molar-refractivity contribution in [1.29, 1.82) is 0 Å². The number of rotatable bonds is 28. The molecule has 5 N–H and O–H groups in total. The van der Waals surface area contributed by atoms with E-state index in [-0.39, 0.29) is 90.3 Å². The van der Waals surface area contributed by atoms with Crippen LogP contribution in [0.3, 0.4) is 0 Å². The van der Waals surface area contributed by atoms with Gasteiger partial charge in [0.25, 0.3) is 23.6 Å². The number of amides is 9. The summed E-state index contributed by atoms with van der Waals surface area (Å²) in [6, 6.07) is 5.54. The molecule has 322 valence electrons. The molecule has 1 aromatic rings. The molecule has 59 heavy (non-hydrogen) atoms. The lowest BCUT2D eigenvalue weighted by Crippen LogP contribution is -2.47. The Hall–Kier alpha value is -6.06. The van der Waals surface area contributed by atoms with Gasteiger partial charge in [-0.2, -0.15) is 0 Å². The van der Waals surface area contributed by atoms with Gasteiger partial charge in [0.1, 0.15) is 19.3 Å². The SMILES string of the molecule is COCCOCC(=O)NCCCC[C@H](NC(=O)CCCN1C(=O)C=CC1=O)C(=O)NCCCC(=O)NCC(=O)Nc1ccc(COCC(=O)ON2C(=O)CCC2=O)cc1. The standard InChI is InChI=1S/C38H51N7O14/c1-56-20-21-57-24-32(49)39-17-3-2-6-28(43-30(47)8-5-19-44-33(50)13-14-34(44)51)38(55)40-18-4-7-29(46)41-22-31(48)42-27-11-9-26(10-12-27)23-58-25-37(54)59-45-35(52)15-16-36(45)53/h9-14,28H,2-8,15-25H2,1H3,(H,39,49)(H,40,55)(H,41,46)(H,42,48)(H,43,47)/t28-/m0/s1. The highest BCUT2D eigenvalue weighted by molar-refractivity contribution is 6.12. The van der Waals surface area contributed by atoms with E-state index in [1.807, 2.05) is 0 Å². The van der Waals surface area contributed by atoms with Crippen LogP contribution in [0.25, 0.3) is 0 Å². The first-order valence-electron chi connectivity index (χ1n) is 19.1. The number of hydrogen-bond acceptors (Lipinski definition) is 14. The van der Waals surface area contributed by atoms with Crippen LogP contribution in [0.1, 0.15) is 63.4 Å². The predicted molar refractivity (Wildman–Crippen MR) is 204 cm³/mol. The zero-order valence-corrected chi connectivity index (χ0v) is 32.9. The van der Waals surface area contributed by atoms with Gasteiger partial charge in [0.15, 0.2) is 0 Å². The van der Waals surface area contributed by atoms with E-state index in [1.54, 1.807) is 24.3 Å². The normalized spacial score (nSPS) is 14.0. The molecule has 0 radical (unpaired) electrons. The van der Waals surface area contributed by atoms with E-state index < -0.39 is 65.9 Å². The van der Waals surface area contributed by atoms with Gasteiger partial charge in [0, 0.05) is 70.3 Å². The van der Waals surface area contributed by atoms with Gasteiger partial charge in [0.05, 0.1) is 26.4 Å². The van der Waals surface area contributed by atoms with Crippen molar-refractivity contribution in [3.63, 3.8) is 0 Å². The van der Waals surface area contributed by atoms with Gasteiger partial charge in [-0.15, -0.1) is 5.06 Å². The number of hydroxylamine groups is 2. The number of imide groups is 2. The first-order valence-corrected chi connectivity index (χ1v) is 19.1. The molecule has 2 heterocycles. The van der Waals surface area contributed by atoms with Gasteiger partial charge in [-0.3, -0.25) is 48.1 Å². The Kier molecular flexibility index (Phi) is 20.9. The second kappa shape index (κ2) is 26.0. The van der Waals surface area contributed by atoms with E-state index in [1.165, 1.54) is 7.11 Å². The van der Waals surface area contributed by atoms with E-state index in [0.29, 0.717) is 42.3 Å². The van der Waals surface area contributed by atoms with Crippen LogP contribution in [0, 0.1) is 0 Å². The quantitative estimate of drug-likeness (QED) is 0.0496. The minimum Gasteiger partial charge on any atom is -0.382 e. The third-order valence-electron chi connectivity index (χ3n) is 8.50. The van der Waals surface area contributed by atoms with Crippen molar-refractivity contribution < 1.29 is 67.0 Å². The van der Waals surface area contributed by atoms with Crippen molar-refractivity contribution in [2.24, 2.45) is 0 Å². The van der Waals surface area contributed by atoms with Crippen LogP contribution in [0.2, 0.25) is 0 Å². The number of unbranched alkanes of at least 4 members (excludes halogenated alkanes) is 1. The third kappa shape index (κ3) is 18.4. The summed E-state index contributed by atoms with van der Waals surface area (Å²) in [6.45, 7) is 0.212. The molecular formula is C38H51N7O14. The molecule has 2 aliphatic rings. The Morgan fingerprint density at radius 2 is 1.39 bits per heavy atom. The van der Waals surface area contributed by atoms with Crippen molar-refractivity contribution in [1.82, 2.24) is 31.2 Å². The molecule has 0 unspecified atom stereocenters. The summed E-state index contributed by atoms with van der Waals surface area (Å²) < 4.78 is 15.3. The number of carbonyl (C=O) groups excluding carboxylic acids is 10. The van der Waals surface area contributed by atoms with Gasteiger partial charge in [-0.1, -0.05) is 12.1 Å². The zero-order valence-electron chi connectivity index (χ0n) is 32.9. The Morgan fingerprint density at radius 3 is 2.08 bits per heavy atom. The lowest BCUT2D eigenvalue weighted by molar-refractivity contribution is -0.200. The summed E-state index contributed by atoms with van der Waals surface area (Å²) in [7, 11) is 1.52. The molecule has 1 atom stereocenters. The highest BCUT2D eigenvalue weighted by Gasteiger charge is 2.33. The van der Waals surface area contributed by atoms with Crippen molar-refractivity contribution in [2.45, 2.75) is 70.4 Å². The number of nitrogens with zero attached hydrogens (tertiary/aromatic N) is 2. The number of nitrogens with one attached hydrogen (secondary N) is 5. The fourth-order valence-corrected chi connectivity index (χ4v) is 5.42. The van der Waals surface area contributed by atoms with Gasteiger partial charge >= 0.3 is 5.97 Å². The molecule has 0 aliphatic carbocycles. The van der Waals surface area contributed by atoms with Crippen LogP contribution in [0.4, 0.5) is 5.69 Å². The third-order valence-corrected chi connectivity index (χ3v) is 8.50. The van der Waals surface area contributed by atoms with Crippen molar-refractivity contribution in [3.8, 4) is 0 Å². The monoisotopic (exact) mass is 829 g/mol. The van der Waals surface area contributed by atoms with E-state index in [9.17, 15) is 47.9 Å². The molecule has 0 bridgehead atoms. The Bertz CT molecular complexity index is 1670. The summed E-state index contributed by atoms with van der Waals surface area (Å²) in [6.07, 6.45) is 3.91. The average Bonchev–Trinajstić information content (AvgIpc) is 3.70. The predicted octanol–water partition coefficient (Wildman–Crippen LogP) is -1.10. The van der Waals surface area contributed by atoms with Crippen LogP contribution in [0.5, 0.6) is 0 Å². The molecular weight excluding hydrogens is 778 g/mol. The fourth-order valence-electron chi connectivity index (χ4n) is 5.42. The molecule has 1 saturated heterocycles. The summed E-state index contributed by atoms with van der Waals surface area (Å²) >= 11 is 0. The maximum atomic E-state index is 13.1. The van der Waals surface area contributed by atoms with E-state index in [0.717, 1.165) is 17.1 Å². The summed E-state index contributed by atoms with van der Waals surface area (Å²) in [5, 5.41) is 13.7. The topological polar surface area (TPSA) is 274 Å². The van der Waals surface area contributed by atoms with E-state index in [4.69, 9.17) is 19.0 Å². The van der Waals surface area contributed by atoms with Crippen LogP contribution in [-0.2, 0) is 73.6 Å². The molecule has 1 fully saturated rings. The van der Waals surface area contributed by atoms with Gasteiger partial charge < -0.3 is 45.6 Å². The number of methoxy groups -OCH3 is 1. The molecule has 0 aromatic heterocycles. The number of anilines is 1. The van der Waals surface area contributed by atoms with Crippen molar-refractivity contribution in [2.75, 3.05) is 65.0 Å². The van der Waals surface area contributed by atoms with E-state index >= 15 is 0 Å². The molecule has 2 aliphatic heterocycles. The van der Waals surface area contributed by atoms with Gasteiger partial charge in [0.2, 0.25) is 29.5 Å². The van der Waals surface area contributed by atoms with Crippen LogP contribution >= 0.6 is 0 Å². The zero-order chi connectivity index (χ0) is 43.0. The van der Waals surface area contributed by atoms with Crippen molar-refractivity contribution in [3.05, 3.63) is 42.0 Å². The summed E-state index contributed by atoms with van der Waals surface area (Å²) in [4.78, 5) is 127. The average molecular weight is 830 g/mol. The highest BCUT2D eigenvalue weighted by Crippen LogP contribution is 2.13. The van der Waals surface area contributed by atoms with Crippen molar-refractivity contribution >= 4 is 64.8 Å². The number of hydrogen-bond donors (Lipinski definition) is 5. The Labute approximate surface area is 340 Å². The number of ether oxygens (including phenoxy) is 3. The Morgan fingerprint density at radius 1 is 0.712 bits per heavy atom. The van der Waals surface area contributed by atoms with E-state index in [2.05, 4.69) is 26.6 Å².